The summed E-state index contributed by atoms with van der Waals surface area (Å²) in [6.07, 6.45) is 7.31. The van der Waals surface area contributed by atoms with Crippen LogP contribution in [-0.4, -0.2) is 24.0 Å². The largest absolute Gasteiger partial charge is 0.465 e. The van der Waals surface area contributed by atoms with Crippen LogP contribution in [0.2, 0.25) is 0 Å². The van der Waals surface area contributed by atoms with E-state index in [9.17, 15) is 9.59 Å². The van der Waals surface area contributed by atoms with E-state index in [4.69, 9.17) is 4.74 Å². The molecular weight excluding hydrogens is 420 g/mol. The van der Waals surface area contributed by atoms with E-state index in [2.05, 4.69) is 23.7 Å². The van der Waals surface area contributed by atoms with E-state index in [1.54, 1.807) is 17.3 Å². The molecule has 2 heterocycles. The Kier molecular flexibility index (Phi) is 7.73. The molecule has 1 saturated carbocycles. The Balaban J connectivity index is 2.03. The first-order chi connectivity index (χ1) is 15.2. The molecule has 0 unspecified atom stereocenters. The molecule has 0 aliphatic heterocycles. The summed E-state index contributed by atoms with van der Waals surface area (Å²) in [4.78, 5) is 33.5. The van der Waals surface area contributed by atoms with E-state index < -0.39 is 5.97 Å². The molecule has 0 atom stereocenters. The number of carbonyl (C=O) groups is 2. The van der Waals surface area contributed by atoms with Crippen molar-refractivity contribution < 1.29 is 14.3 Å². The lowest BCUT2D eigenvalue weighted by Gasteiger charge is -2.31. The Bertz CT molecular complexity index is 1000. The van der Waals surface area contributed by atoms with Gasteiger partial charge in [-0.05, 0) is 70.1 Å². The van der Waals surface area contributed by atoms with E-state index in [1.165, 1.54) is 18.4 Å². The predicted octanol–water partition coefficient (Wildman–Crippen LogP) is 5.69. The first-order valence-electron chi connectivity index (χ1n) is 11.1. The van der Waals surface area contributed by atoms with Crippen molar-refractivity contribution in [2.45, 2.75) is 59.9 Å². The molecular formula is C26H32N2O3S. The lowest BCUT2D eigenvalue weighted by molar-refractivity contribution is -0.123. The van der Waals surface area contributed by atoms with Gasteiger partial charge in [0.25, 0.3) is 0 Å². The summed E-state index contributed by atoms with van der Waals surface area (Å²) in [6.45, 7) is 8.71. The third kappa shape index (κ3) is 6.20. The Morgan fingerprint density at radius 2 is 1.97 bits per heavy atom. The Morgan fingerprint density at radius 3 is 2.56 bits per heavy atom. The van der Waals surface area contributed by atoms with Gasteiger partial charge in [-0.3, -0.25) is 9.78 Å². The number of amides is 1. The molecule has 0 radical (unpaired) electrons. The number of anilines is 1. The lowest BCUT2D eigenvalue weighted by Crippen LogP contribution is -2.38. The highest BCUT2D eigenvalue weighted by atomic mass is 32.1. The second kappa shape index (κ2) is 10.3. The minimum atomic E-state index is -0.449. The number of esters is 1. The van der Waals surface area contributed by atoms with Crippen LogP contribution in [0.3, 0.4) is 0 Å². The molecule has 32 heavy (non-hydrogen) atoms. The van der Waals surface area contributed by atoms with Gasteiger partial charge in [-0.2, -0.15) is 0 Å². The second-order valence-corrected chi connectivity index (χ2v) is 10.6. The highest BCUT2D eigenvalue weighted by Crippen LogP contribution is 2.36. The van der Waals surface area contributed by atoms with Crippen molar-refractivity contribution in [2.24, 2.45) is 17.3 Å². The third-order valence-corrected chi connectivity index (χ3v) is 6.65. The molecule has 3 rings (SSSR count). The fourth-order valence-corrected chi connectivity index (χ4v) is 4.75. The molecule has 0 saturated heterocycles. The fraction of sp³-hybridized carbons (Fsp3) is 0.500. The van der Waals surface area contributed by atoms with Gasteiger partial charge in [-0.1, -0.05) is 24.8 Å². The van der Waals surface area contributed by atoms with Crippen molar-refractivity contribution in [2.75, 3.05) is 12.0 Å². The minimum absolute atomic E-state index is 0.0441. The van der Waals surface area contributed by atoms with E-state index in [0.717, 1.165) is 36.1 Å². The first kappa shape index (κ1) is 24.0. The number of hydrogen-bond donors (Lipinski definition) is 0. The summed E-state index contributed by atoms with van der Waals surface area (Å²) in [5.41, 5.74) is 1.32. The second-order valence-electron chi connectivity index (χ2n) is 9.56. The number of hydrogen-bond acceptors (Lipinski definition) is 5. The molecule has 1 aliphatic rings. The van der Waals surface area contributed by atoms with Crippen LogP contribution in [0.15, 0.2) is 30.6 Å². The fourth-order valence-electron chi connectivity index (χ4n) is 3.82. The molecule has 2 aromatic heterocycles. The third-order valence-electron chi connectivity index (χ3n) is 5.63. The van der Waals surface area contributed by atoms with Gasteiger partial charge in [-0.25, -0.2) is 4.79 Å². The number of carbonyl (C=O) groups excluding carboxylic acids is 2. The zero-order valence-electron chi connectivity index (χ0n) is 19.6. The standard InChI is InChI=1S/C26H32N2O3S/c1-18-8-10-20(11-9-18)24(29)28(17-19-7-6-14-27-16-19)22-15-21(12-13-26(2,3)4)32-23(22)25(30)31-5/h6-7,14-16,18,20H,8-11,17H2,1-5H3. The summed E-state index contributed by atoms with van der Waals surface area (Å²) in [6, 6.07) is 5.66. The summed E-state index contributed by atoms with van der Waals surface area (Å²) in [5.74, 6) is 6.61. The molecule has 0 bridgehead atoms. The van der Waals surface area contributed by atoms with Crippen molar-refractivity contribution in [3.8, 4) is 11.8 Å². The van der Waals surface area contributed by atoms with Gasteiger partial charge in [0.2, 0.25) is 5.91 Å². The van der Waals surface area contributed by atoms with Gasteiger partial charge in [0.1, 0.15) is 4.88 Å². The normalized spacial score (nSPS) is 18.4. The zero-order valence-corrected chi connectivity index (χ0v) is 20.4. The molecule has 1 amide bonds. The van der Waals surface area contributed by atoms with Crippen LogP contribution in [0.4, 0.5) is 5.69 Å². The highest BCUT2D eigenvalue weighted by molar-refractivity contribution is 7.15. The van der Waals surface area contributed by atoms with E-state index in [1.807, 2.05) is 39.0 Å². The molecule has 0 aromatic carbocycles. The maximum atomic E-state index is 13.7. The average molecular weight is 453 g/mol. The summed E-state index contributed by atoms with van der Waals surface area (Å²) in [5, 5.41) is 0. The summed E-state index contributed by atoms with van der Waals surface area (Å²) < 4.78 is 5.05. The van der Waals surface area contributed by atoms with Crippen molar-refractivity contribution in [1.29, 1.82) is 0 Å². The first-order valence-corrected chi connectivity index (χ1v) is 11.9. The van der Waals surface area contributed by atoms with Gasteiger partial charge in [0.15, 0.2) is 0 Å². The number of thiophene rings is 1. The van der Waals surface area contributed by atoms with E-state index >= 15 is 0 Å². The molecule has 1 fully saturated rings. The summed E-state index contributed by atoms with van der Waals surface area (Å²) in [7, 11) is 1.36. The molecule has 2 aromatic rings. The SMILES string of the molecule is COC(=O)c1sc(C#CC(C)(C)C)cc1N(Cc1cccnc1)C(=O)C1CCC(C)CC1. The van der Waals surface area contributed by atoms with E-state index in [0.29, 0.717) is 23.0 Å². The van der Waals surface area contributed by atoms with Crippen LogP contribution >= 0.6 is 11.3 Å². The highest BCUT2D eigenvalue weighted by Gasteiger charge is 2.32. The number of methoxy groups -OCH3 is 1. The van der Waals surface area contributed by atoms with Crippen LogP contribution in [0, 0.1) is 29.1 Å². The van der Waals surface area contributed by atoms with Crippen molar-refractivity contribution in [3.63, 3.8) is 0 Å². The van der Waals surface area contributed by atoms with Gasteiger partial charge < -0.3 is 9.64 Å². The monoisotopic (exact) mass is 452 g/mol. The molecule has 170 valence electrons. The molecule has 6 heteroatoms. The Morgan fingerprint density at radius 1 is 1.25 bits per heavy atom. The Hall–Kier alpha value is -2.65. The van der Waals surface area contributed by atoms with Crippen molar-refractivity contribution in [1.82, 2.24) is 4.98 Å². The molecule has 0 spiro atoms. The zero-order chi connectivity index (χ0) is 23.3. The van der Waals surface area contributed by atoms with Crippen LogP contribution < -0.4 is 4.90 Å². The number of aromatic nitrogens is 1. The quantitative estimate of drug-likeness (QED) is 0.432. The minimum Gasteiger partial charge on any atom is -0.465 e. The van der Waals surface area contributed by atoms with Crippen LogP contribution in [0.25, 0.3) is 0 Å². The maximum Gasteiger partial charge on any atom is 0.350 e. The van der Waals surface area contributed by atoms with Crippen molar-refractivity contribution in [3.05, 3.63) is 45.9 Å². The molecule has 0 N–H and O–H groups in total. The van der Waals surface area contributed by atoms with Crippen LogP contribution in [-0.2, 0) is 16.1 Å². The summed E-state index contributed by atoms with van der Waals surface area (Å²) >= 11 is 1.28. The number of ether oxygens (including phenoxy) is 1. The van der Waals surface area contributed by atoms with Crippen LogP contribution in [0.5, 0.6) is 0 Å². The topological polar surface area (TPSA) is 59.5 Å². The smallest absolute Gasteiger partial charge is 0.350 e. The van der Waals surface area contributed by atoms with Gasteiger partial charge in [0, 0.05) is 23.7 Å². The van der Waals surface area contributed by atoms with Gasteiger partial charge in [-0.15, -0.1) is 11.3 Å². The Labute approximate surface area is 195 Å². The number of nitrogens with zero attached hydrogens (tertiary/aromatic N) is 2. The number of pyridine rings is 1. The van der Waals surface area contributed by atoms with Crippen LogP contribution in [0.1, 0.15) is 73.5 Å². The van der Waals surface area contributed by atoms with Gasteiger partial charge >= 0.3 is 5.97 Å². The van der Waals surface area contributed by atoms with Gasteiger partial charge in [0.05, 0.1) is 24.2 Å². The number of rotatable bonds is 5. The predicted molar refractivity (Wildman–Crippen MR) is 129 cm³/mol. The molecule has 5 nitrogen and oxygen atoms in total. The maximum absolute atomic E-state index is 13.7. The average Bonchev–Trinajstić information content (AvgIpc) is 3.20. The van der Waals surface area contributed by atoms with Crippen molar-refractivity contribution >= 4 is 28.9 Å². The molecule has 1 aliphatic carbocycles. The lowest BCUT2D eigenvalue weighted by atomic mass is 9.82. The van der Waals surface area contributed by atoms with E-state index in [-0.39, 0.29) is 17.2 Å².